The lowest BCUT2D eigenvalue weighted by atomic mass is 9.43. The van der Waals surface area contributed by atoms with Crippen LogP contribution in [0, 0.1) is 46.3 Å². The van der Waals surface area contributed by atoms with E-state index in [-0.39, 0.29) is 35.1 Å². The molecule has 4 fully saturated rings. The molecule has 3 nitrogen and oxygen atoms in total. The molecular weight excluding hydrogens is 480 g/mol. The molecule has 39 heavy (non-hydrogen) atoms. The van der Waals surface area contributed by atoms with Gasteiger partial charge in [0.2, 0.25) is 0 Å². The predicted octanol–water partition coefficient (Wildman–Crippen LogP) is 7.20. The van der Waals surface area contributed by atoms with Gasteiger partial charge >= 0.3 is 0 Å². The zero-order valence-corrected chi connectivity index (χ0v) is 24.3. The minimum Gasteiger partial charge on any atom is -0.393 e. The number of fused-ring (bicyclic) bond motifs is 5. The summed E-state index contributed by atoms with van der Waals surface area (Å²) in [6.07, 6.45) is 8.07. The van der Waals surface area contributed by atoms with Gasteiger partial charge in [0.25, 0.3) is 0 Å². The second-order valence-electron chi connectivity index (χ2n) is 14.5. The summed E-state index contributed by atoms with van der Waals surface area (Å²) in [5.41, 5.74) is 2.78. The molecule has 0 unspecified atom stereocenters. The molecule has 2 aromatic carbocycles. The van der Waals surface area contributed by atoms with Crippen LogP contribution in [0.2, 0.25) is 0 Å². The van der Waals surface area contributed by atoms with E-state index in [0.29, 0.717) is 35.5 Å². The van der Waals surface area contributed by atoms with E-state index in [2.05, 4.69) is 81.4 Å². The average molecular weight is 531 g/mol. The van der Waals surface area contributed by atoms with E-state index in [4.69, 9.17) is 0 Å². The van der Waals surface area contributed by atoms with Crippen molar-refractivity contribution in [2.24, 2.45) is 46.3 Å². The average Bonchev–Trinajstić information content (AvgIpc) is 3.30. The number of aliphatic hydroxyl groups excluding tert-OH is 3. The van der Waals surface area contributed by atoms with Crippen molar-refractivity contribution in [2.75, 3.05) is 0 Å². The first-order valence-corrected chi connectivity index (χ1v) is 15.9. The van der Waals surface area contributed by atoms with E-state index >= 15 is 0 Å². The van der Waals surface area contributed by atoms with Crippen molar-refractivity contribution in [3.8, 4) is 0 Å². The summed E-state index contributed by atoms with van der Waals surface area (Å²) in [6, 6.07) is 21.9. The van der Waals surface area contributed by atoms with Crippen molar-refractivity contribution in [3.05, 3.63) is 71.8 Å². The number of benzene rings is 2. The Morgan fingerprint density at radius 1 is 0.769 bits per heavy atom. The van der Waals surface area contributed by atoms with Gasteiger partial charge < -0.3 is 15.3 Å². The normalized spacial score (nSPS) is 42.4. The minimum absolute atomic E-state index is 0.131. The standard InChI is InChI=1S/C36H50O3/c1-23(14-15-28(24-10-6-4-7-11-24)25-12-8-5-9-13-25)29-16-17-30-34-31(22-33(39)36(29,30)3)35(2)19-18-27(37)20-26(35)21-32(34)38/h4-13,23,26-34,37-39H,14-22H2,1-3H3/t23-,26+,27-,29+,30-,31-,32+,33+,34-,35-,36+/m0/s1. The van der Waals surface area contributed by atoms with E-state index in [9.17, 15) is 15.3 Å². The van der Waals surface area contributed by atoms with Crippen LogP contribution in [0.1, 0.15) is 95.6 Å². The molecule has 212 valence electrons. The fourth-order valence-corrected chi connectivity index (χ4v) is 10.7. The van der Waals surface area contributed by atoms with Gasteiger partial charge in [0.15, 0.2) is 0 Å². The predicted molar refractivity (Wildman–Crippen MR) is 157 cm³/mol. The van der Waals surface area contributed by atoms with Gasteiger partial charge in [-0.25, -0.2) is 0 Å². The van der Waals surface area contributed by atoms with Gasteiger partial charge in [0, 0.05) is 5.92 Å². The largest absolute Gasteiger partial charge is 0.393 e. The van der Waals surface area contributed by atoms with Gasteiger partial charge in [-0.15, -0.1) is 0 Å². The van der Waals surface area contributed by atoms with Gasteiger partial charge in [-0.3, -0.25) is 0 Å². The molecule has 4 aliphatic carbocycles. The summed E-state index contributed by atoms with van der Waals surface area (Å²) in [7, 11) is 0. The fourth-order valence-electron chi connectivity index (χ4n) is 10.7. The van der Waals surface area contributed by atoms with Crippen LogP contribution in [0.15, 0.2) is 60.7 Å². The van der Waals surface area contributed by atoms with Crippen molar-refractivity contribution >= 4 is 0 Å². The molecule has 0 bridgehead atoms. The molecule has 4 saturated carbocycles. The first-order valence-electron chi connectivity index (χ1n) is 15.9. The fraction of sp³-hybridized carbons (Fsp3) is 0.667. The third-order valence-corrected chi connectivity index (χ3v) is 12.8. The second-order valence-corrected chi connectivity index (χ2v) is 14.5. The molecule has 3 N–H and O–H groups in total. The summed E-state index contributed by atoms with van der Waals surface area (Å²) in [6.45, 7) is 7.23. The molecule has 0 saturated heterocycles. The van der Waals surface area contributed by atoms with E-state index in [1.54, 1.807) is 0 Å². The van der Waals surface area contributed by atoms with Crippen molar-refractivity contribution in [3.63, 3.8) is 0 Å². The zero-order chi connectivity index (χ0) is 27.4. The Labute approximate surface area is 236 Å². The van der Waals surface area contributed by atoms with Crippen molar-refractivity contribution in [1.82, 2.24) is 0 Å². The van der Waals surface area contributed by atoms with Crippen LogP contribution in [0.4, 0.5) is 0 Å². The third kappa shape index (κ3) is 4.61. The molecule has 3 heteroatoms. The summed E-state index contributed by atoms with van der Waals surface area (Å²) in [5, 5.41) is 33.9. The Morgan fingerprint density at radius 2 is 1.41 bits per heavy atom. The quantitative estimate of drug-likeness (QED) is 0.370. The molecule has 0 radical (unpaired) electrons. The van der Waals surface area contributed by atoms with Crippen molar-refractivity contribution in [1.29, 1.82) is 0 Å². The van der Waals surface area contributed by atoms with Crippen LogP contribution in [0.3, 0.4) is 0 Å². The van der Waals surface area contributed by atoms with Crippen LogP contribution in [-0.2, 0) is 0 Å². The van der Waals surface area contributed by atoms with E-state index in [1.165, 1.54) is 11.1 Å². The van der Waals surface area contributed by atoms with Gasteiger partial charge in [-0.05, 0) is 115 Å². The maximum absolute atomic E-state index is 11.9. The van der Waals surface area contributed by atoms with E-state index < -0.39 is 0 Å². The summed E-state index contributed by atoms with van der Waals surface area (Å²) in [5.74, 6) is 2.80. The maximum atomic E-state index is 11.9. The molecule has 0 heterocycles. The molecule has 0 amide bonds. The molecule has 6 rings (SSSR count). The lowest BCUT2D eigenvalue weighted by Gasteiger charge is -2.63. The molecule has 11 atom stereocenters. The summed E-state index contributed by atoms with van der Waals surface area (Å²) in [4.78, 5) is 0. The Morgan fingerprint density at radius 3 is 2.05 bits per heavy atom. The Hall–Kier alpha value is -1.68. The second kappa shape index (κ2) is 10.6. The van der Waals surface area contributed by atoms with Gasteiger partial charge in [-0.2, -0.15) is 0 Å². The van der Waals surface area contributed by atoms with Crippen LogP contribution in [0.25, 0.3) is 0 Å². The van der Waals surface area contributed by atoms with E-state index in [0.717, 1.165) is 57.8 Å². The Bertz CT molecular complexity index is 1060. The highest BCUT2D eigenvalue weighted by atomic mass is 16.3. The topological polar surface area (TPSA) is 60.7 Å². The van der Waals surface area contributed by atoms with E-state index in [1.807, 2.05) is 0 Å². The lowest BCUT2D eigenvalue weighted by Crippen LogP contribution is -2.62. The number of aliphatic hydroxyl groups is 3. The molecule has 0 aliphatic heterocycles. The highest BCUT2D eigenvalue weighted by molar-refractivity contribution is 5.32. The molecule has 2 aromatic rings. The third-order valence-electron chi connectivity index (χ3n) is 12.8. The van der Waals surface area contributed by atoms with Crippen molar-refractivity contribution < 1.29 is 15.3 Å². The SMILES string of the molecule is C[C@@H](CCC(c1ccccc1)c1ccccc1)[C@H]1CC[C@H]2[C@@H]3[C@H](O)C[C@H]4C[C@@H](O)CC[C@]4(C)[C@H]3C[C@@H](O)[C@]12C. The number of hydrogen-bond donors (Lipinski definition) is 3. The van der Waals surface area contributed by atoms with Gasteiger partial charge in [0.1, 0.15) is 0 Å². The molecule has 4 aliphatic rings. The molecular formula is C36H50O3. The molecule has 0 spiro atoms. The first-order chi connectivity index (χ1) is 18.7. The van der Waals surface area contributed by atoms with Gasteiger partial charge in [-0.1, -0.05) is 81.4 Å². The number of hydrogen-bond acceptors (Lipinski definition) is 3. The smallest absolute Gasteiger partial charge is 0.0602 e. The van der Waals surface area contributed by atoms with Crippen LogP contribution in [-0.4, -0.2) is 33.6 Å². The van der Waals surface area contributed by atoms with Crippen LogP contribution < -0.4 is 0 Å². The van der Waals surface area contributed by atoms with Crippen molar-refractivity contribution in [2.45, 2.75) is 103 Å². The minimum atomic E-state index is -0.313. The summed E-state index contributed by atoms with van der Waals surface area (Å²) >= 11 is 0. The summed E-state index contributed by atoms with van der Waals surface area (Å²) < 4.78 is 0. The Kier molecular flexibility index (Phi) is 7.48. The molecule has 0 aromatic heterocycles. The maximum Gasteiger partial charge on any atom is 0.0602 e. The highest BCUT2D eigenvalue weighted by Crippen LogP contribution is 2.68. The first kappa shape index (κ1) is 27.5. The Balaban J connectivity index is 1.21. The highest BCUT2D eigenvalue weighted by Gasteiger charge is 2.65. The van der Waals surface area contributed by atoms with Gasteiger partial charge in [0.05, 0.1) is 18.3 Å². The van der Waals surface area contributed by atoms with Crippen LogP contribution >= 0.6 is 0 Å². The van der Waals surface area contributed by atoms with Crippen LogP contribution in [0.5, 0.6) is 0 Å². The number of rotatable bonds is 6. The zero-order valence-electron chi connectivity index (χ0n) is 24.3. The monoisotopic (exact) mass is 530 g/mol. The lowest BCUT2D eigenvalue weighted by molar-refractivity contribution is -0.207.